The van der Waals surface area contributed by atoms with Gasteiger partial charge in [-0.25, -0.2) is 0 Å². The number of hydrogen-bond acceptors (Lipinski definition) is 2. The van der Waals surface area contributed by atoms with Gasteiger partial charge < -0.3 is 0 Å². The smallest absolute Gasteiger partial charge is 0.186 e. The third-order valence-electron chi connectivity index (χ3n) is 2.62. The molecule has 0 unspecified atom stereocenters. The average molecular weight is 212 g/mol. The van der Waals surface area contributed by atoms with Crippen LogP contribution in [0.5, 0.6) is 0 Å². The Morgan fingerprint density at radius 1 is 0.812 bits per heavy atom. The quantitative estimate of drug-likeness (QED) is 0.578. The van der Waals surface area contributed by atoms with Gasteiger partial charge in [-0.1, -0.05) is 17.7 Å². The van der Waals surface area contributed by atoms with E-state index in [-0.39, 0.29) is 11.6 Å². The van der Waals surface area contributed by atoms with Crippen molar-refractivity contribution < 1.29 is 9.59 Å². The largest absolute Gasteiger partial charge is 0.290 e. The molecule has 2 aliphatic rings. The van der Waals surface area contributed by atoms with Gasteiger partial charge in [-0.3, -0.25) is 9.59 Å². The molecule has 0 saturated heterocycles. The van der Waals surface area contributed by atoms with Gasteiger partial charge in [0.1, 0.15) is 0 Å². The summed E-state index contributed by atoms with van der Waals surface area (Å²) in [4.78, 5) is 23.0. The molecule has 0 fully saturated rings. The van der Waals surface area contributed by atoms with E-state index in [1.54, 1.807) is 31.2 Å². The van der Waals surface area contributed by atoms with Crippen LogP contribution in [-0.4, -0.2) is 11.6 Å². The lowest BCUT2D eigenvalue weighted by molar-refractivity contribution is -0.112. The molecule has 0 aliphatic heterocycles. The van der Waals surface area contributed by atoms with Gasteiger partial charge in [0.05, 0.1) is 0 Å². The standard InChI is InChI=1S/C14H12O2/c1-9-3-5-14(16)12(7-9)11-4-6-13(15)10(2)8-11/h3-8H,1-2H3/b12-11-. The van der Waals surface area contributed by atoms with Crippen molar-refractivity contribution in [2.45, 2.75) is 13.8 Å². The fraction of sp³-hybridized carbons (Fsp3) is 0.143. The van der Waals surface area contributed by atoms with Gasteiger partial charge in [-0.2, -0.15) is 0 Å². The number of allylic oxidation sites excluding steroid dienone is 10. The molecule has 0 aromatic carbocycles. The van der Waals surface area contributed by atoms with Crippen LogP contribution in [0.15, 0.2) is 58.7 Å². The molecular formula is C14H12O2. The predicted octanol–water partition coefficient (Wildman–Crippen LogP) is 2.45. The second-order valence-electron chi connectivity index (χ2n) is 3.98. The van der Waals surface area contributed by atoms with E-state index < -0.39 is 0 Å². The van der Waals surface area contributed by atoms with Crippen LogP contribution in [0.3, 0.4) is 0 Å². The SMILES string of the molecule is CC1=C/C(=C2\C=CC(=O)C(C)=C2)C(=O)C=C1. The van der Waals surface area contributed by atoms with Crippen molar-refractivity contribution in [3.8, 4) is 0 Å². The van der Waals surface area contributed by atoms with Gasteiger partial charge in [0, 0.05) is 5.57 Å². The molecule has 0 radical (unpaired) electrons. The van der Waals surface area contributed by atoms with Gasteiger partial charge in [0.15, 0.2) is 11.6 Å². The summed E-state index contributed by atoms with van der Waals surface area (Å²) in [6.07, 6.45) is 10.2. The molecule has 0 aromatic rings. The maximum absolute atomic E-state index is 11.7. The van der Waals surface area contributed by atoms with Crippen molar-refractivity contribution in [1.29, 1.82) is 0 Å². The van der Waals surface area contributed by atoms with Crippen LogP contribution in [0, 0.1) is 0 Å². The molecule has 0 saturated carbocycles. The topological polar surface area (TPSA) is 34.1 Å². The van der Waals surface area contributed by atoms with E-state index in [4.69, 9.17) is 0 Å². The molecule has 2 rings (SSSR count). The Kier molecular flexibility index (Phi) is 2.57. The van der Waals surface area contributed by atoms with Gasteiger partial charge in [0.2, 0.25) is 0 Å². The minimum Gasteiger partial charge on any atom is -0.290 e. The van der Waals surface area contributed by atoms with Crippen molar-refractivity contribution in [3.05, 3.63) is 58.7 Å². The third kappa shape index (κ3) is 1.87. The second kappa shape index (κ2) is 3.89. The lowest BCUT2D eigenvalue weighted by Gasteiger charge is -2.11. The van der Waals surface area contributed by atoms with Crippen molar-refractivity contribution in [3.63, 3.8) is 0 Å². The number of carbonyl (C=O) groups excluding carboxylic acids is 2. The molecule has 0 spiro atoms. The van der Waals surface area contributed by atoms with Crippen molar-refractivity contribution in [2.75, 3.05) is 0 Å². The molecule has 0 heterocycles. The highest BCUT2D eigenvalue weighted by Gasteiger charge is 2.15. The highest BCUT2D eigenvalue weighted by Crippen LogP contribution is 2.22. The van der Waals surface area contributed by atoms with Crippen molar-refractivity contribution in [2.24, 2.45) is 0 Å². The summed E-state index contributed by atoms with van der Waals surface area (Å²) in [5, 5.41) is 0. The monoisotopic (exact) mass is 212 g/mol. The first kappa shape index (κ1) is 10.6. The van der Waals surface area contributed by atoms with E-state index in [9.17, 15) is 9.59 Å². The number of ketones is 2. The maximum Gasteiger partial charge on any atom is 0.186 e. The summed E-state index contributed by atoms with van der Waals surface area (Å²) in [6.45, 7) is 3.70. The zero-order valence-electron chi connectivity index (χ0n) is 9.28. The third-order valence-corrected chi connectivity index (χ3v) is 2.62. The van der Waals surface area contributed by atoms with E-state index in [0.29, 0.717) is 11.1 Å². The van der Waals surface area contributed by atoms with Crippen molar-refractivity contribution in [1.82, 2.24) is 0 Å². The molecule has 2 aliphatic carbocycles. The molecule has 0 amide bonds. The number of rotatable bonds is 0. The minimum atomic E-state index is -0.0105. The van der Waals surface area contributed by atoms with Crippen LogP contribution < -0.4 is 0 Å². The lowest BCUT2D eigenvalue weighted by Crippen LogP contribution is -2.07. The van der Waals surface area contributed by atoms with Gasteiger partial charge in [-0.15, -0.1) is 0 Å². The van der Waals surface area contributed by atoms with E-state index in [2.05, 4.69) is 0 Å². The summed E-state index contributed by atoms with van der Waals surface area (Å²) in [5.74, 6) is -0.00694. The first-order chi connectivity index (χ1) is 7.58. The fourth-order valence-corrected chi connectivity index (χ4v) is 1.69. The Hall–Kier alpha value is -1.96. The first-order valence-electron chi connectivity index (χ1n) is 5.13. The van der Waals surface area contributed by atoms with E-state index in [1.807, 2.05) is 13.0 Å². The average Bonchev–Trinajstić information content (AvgIpc) is 2.26. The van der Waals surface area contributed by atoms with Crippen LogP contribution in [-0.2, 0) is 9.59 Å². The summed E-state index contributed by atoms with van der Waals surface area (Å²) in [5.41, 5.74) is 3.17. The zero-order valence-corrected chi connectivity index (χ0v) is 9.28. The fourth-order valence-electron chi connectivity index (χ4n) is 1.69. The Bertz CT molecular complexity index is 523. The molecule has 2 heteroatoms. The molecule has 2 nitrogen and oxygen atoms in total. The highest BCUT2D eigenvalue weighted by molar-refractivity contribution is 6.11. The Morgan fingerprint density at radius 3 is 2.19 bits per heavy atom. The summed E-state index contributed by atoms with van der Waals surface area (Å²) >= 11 is 0. The second-order valence-corrected chi connectivity index (χ2v) is 3.98. The van der Waals surface area contributed by atoms with Crippen LogP contribution in [0.1, 0.15) is 13.8 Å². The number of hydrogen-bond donors (Lipinski definition) is 0. The molecule has 16 heavy (non-hydrogen) atoms. The number of carbonyl (C=O) groups is 2. The Labute approximate surface area is 94.3 Å². The molecule has 0 N–H and O–H groups in total. The Balaban J connectivity index is 2.51. The molecule has 80 valence electrons. The van der Waals surface area contributed by atoms with Crippen LogP contribution in [0.25, 0.3) is 0 Å². The lowest BCUT2D eigenvalue weighted by atomic mass is 9.92. The van der Waals surface area contributed by atoms with Crippen LogP contribution >= 0.6 is 0 Å². The highest BCUT2D eigenvalue weighted by atomic mass is 16.1. The zero-order chi connectivity index (χ0) is 11.7. The molecule has 0 atom stereocenters. The molecule has 0 bridgehead atoms. The molecule has 0 aromatic heterocycles. The maximum atomic E-state index is 11.7. The van der Waals surface area contributed by atoms with E-state index in [1.165, 1.54) is 6.08 Å². The van der Waals surface area contributed by atoms with Gasteiger partial charge in [-0.05, 0) is 49.3 Å². The summed E-state index contributed by atoms with van der Waals surface area (Å²) < 4.78 is 0. The molecular weight excluding hydrogens is 200 g/mol. The Morgan fingerprint density at radius 2 is 1.50 bits per heavy atom. The first-order valence-corrected chi connectivity index (χ1v) is 5.13. The van der Waals surface area contributed by atoms with E-state index in [0.717, 1.165) is 11.1 Å². The summed E-state index contributed by atoms with van der Waals surface area (Å²) in [6, 6.07) is 0. The summed E-state index contributed by atoms with van der Waals surface area (Å²) in [7, 11) is 0. The van der Waals surface area contributed by atoms with E-state index >= 15 is 0 Å². The van der Waals surface area contributed by atoms with Gasteiger partial charge in [0.25, 0.3) is 0 Å². The van der Waals surface area contributed by atoms with Crippen LogP contribution in [0.4, 0.5) is 0 Å². The van der Waals surface area contributed by atoms with Gasteiger partial charge >= 0.3 is 0 Å². The predicted molar refractivity (Wildman–Crippen MR) is 62.8 cm³/mol. The van der Waals surface area contributed by atoms with Crippen LogP contribution in [0.2, 0.25) is 0 Å². The normalized spacial score (nSPS) is 24.6. The van der Waals surface area contributed by atoms with Crippen molar-refractivity contribution >= 4 is 11.6 Å². The minimum absolute atomic E-state index is 0.00357.